The van der Waals surface area contributed by atoms with Crippen LogP contribution >= 0.6 is 0 Å². The van der Waals surface area contributed by atoms with Crippen molar-refractivity contribution < 1.29 is 25.1 Å². The quantitative estimate of drug-likeness (QED) is 0.360. The molecule has 3 aromatic rings. The van der Waals surface area contributed by atoms with Gasteiger partial charge in [0.25, 0.3) is 0 Å². The molecular weight excluding hydrogens is 378 g/mol. The van der Waals surface area contributed by atoms with Gasteiger partial charge in [-0.2, -0.15) is 0 Å². The van der Waals surface area contributed by atoms with Crippen LogP contribution < -0.4 is 5.73 Å². The second-order valence-corrected chi connectivity index (χ2v) is 7.37. The van der Waals surface area contributed by atoms with E-state index >= 15 is 0 Å². The van der Waals surface area contributed by atoms with Gasteiger partial charge in [0.05, 0.1) is 12.9 Å². The maximum absolute atomic E-state index is 11.2. The van der Waals surface area contributed by atoms with Crippen LogP contribution in [0.25, 0.3) is 11.2 Å². The first-order chi connectivity index (χ1) is 13.9. The number of aliphatic hydroxyl groups is 2. The van der Waals surface area contributed by atoms with Crippen LogP contribution in [-0.2, 0) is 21.0 Å². The highest BCUT2D eigenvalue weighted by atomic mass is 17.1. The van der Waals surface area contributed by atoms with Gasteiger partial charge in [-0.05, 0) is 5.56 Å². The highest BCUT2D eigenvalue weighted by Crippen LogP contribution is 2.56. The van der Waals surface area contributed by atoms with E-state index in [-0.39, 0.29) is 11.7 Å². The van der Waals surface area contributed by atoms with Gasteiger partial charge < -0.3 is 20.7 Å². The molecule has 3 heterocycles. The Balaban J connectivity index is 2.10. The SMILES string of the molecule is CC(C)[C@@]1(n2cnc3c(N)ncnc32)O[C@H](CO)[C@@H](O)[C@]1(OO)c1ccccc1. The standard InChI is InChI=1S/C19H23N5O5/c1-11(2)19(24-10-23-14-16(20)21-9-22-17(14)24)18(29-27,12-6-4-3-5-7-12)15(26)13(8-25)28-19/h3-7,9-11,13,15,25-27H,8H2,1-2H3,(H2,20,21,22)/t13-,15-,18-,19-/m1/s1. The predicted molar refractivity (Wildman–Crippen MR) is 102 cm³/mol. The summed E-state index contributed by atoms with van der Waals surface area (Å²) >= 11 is 0. The topological polar surface area (TPSA) is 149 Å². The van der Waals surface area contributed by atoms with E-state index in [0.717, 1.165) is 0 Å². The second kappa shape index (κ2) is 7.01. The van der Waals surface area contributed by atoms with Crippen molar-refractivity contribution in [1.82, 2.24) is 19.5 Å². The Bertz CT molecular complexity index is 1010. The number of nitrogen functional groups attached to an aromatic ring is 1. The van der Waals surface area contributed by atoms with E-state index < -0.39 is 30.1 Å². The maximum Gasteiger partial charge on any atom is 0.204 e. The van der Waals surface area contributed by atoms with Gasteiger partial charge in [0, 0.05) is 5.92 Å². The summed E-state index contributed by atoms with van der Waals surface area (Å²) in [5, 5.41) is 31.3. The Hall–Kier alpha value is -2.63. The fraction of sp³-hybridized carbons (Fsp3) is 0.421. The van der Waals surface area contributed by atoms with Crippen LogP contribution in [0.15, 0.2) is 43.0 Å². The van der Waals surface area contributed by atoms with Crippen molar-refractivity contribution in [3.63, 3.8) is 0 Å². The number of anilines is 1. The number of ether oxygens (including phenoxy) is 1. The predicted octanol–water partition coefficient (Wildman–Crippen LogP) is 0.854. The van der Waals surface area contributed by atoms with E-state index in [1.54, 1.807) is 34.9 Å². The van der Waals surface area contributed by atoms with Gasteiger partial charge >= 0.3 is 0 Å². The number of imidazole rings is 1. The monoisotopic (exact) mass is 401 g/mol. The van der Waals surface area contributed by atoms with Crippen molar-refractivity contribution >= 4 is 17.0 Å². The van der Waals surface area contributed by atoms with Crippen LogP contribution in [0.5, 0.6) is 0 Å². The lowest BCUT2D eigenvalue weighted by Crippen LogP contribution is -2.59. The van der Waals surface area contributed by atoms with E-state index in [0.29, 0.717) is 16.7 Å². The molecule has 5 N–H and O–H groups in total. The van der Waals surface area contributed by atoms with Gasteiger partial charge in [0.1, 0.15) is 24.1 Å². The molecule has 0 radical (unpaired) electrons. The molecule has 1 aliphatic rings. The molecule has 0 saturated carbocycles. The first-order valence-corrected chi connectivity index (χ1v) is 9.22. The number of hydrogen-bond acceptors (Lipinski definition) is 9. The molecule has 1 aromatic carbocycles. The molecule has 1 aliphatic heterocycles. The fourth-order valence-corrected chi connectivity index (χ4v) is 4.40. The number of hydrogen-bond donors (Lipinski definition) is 4. The molecule has 1 saturated heterocycles. The summed E-state index contributed by atoms with van der Waals surface area (Å²) in [6.45, 7) is 3.20. The molecule has 154 valence electrons. The summed E-state index contributed by atoms with van der Waals surface area (Å²) in [6.07, 6.45) is 0.308. The fourth-order valence-electron chi connectivity index (χ4n) is 4.40. The van der Waals surface area contributed by atoms with Crippen LogP contribution in [0, 0.1) is 5.92 Å². The van der Waals surface area contributed by atoms with E-state index in [1.165, 1.54) is 12.7 Å². The largest absolute Gasteiger partial charge is 0.394 e. The highest BCUT2D eigenvalue weighted by molar-refractivity contribution is 5.81. The molecule has 2 aromatic heterocycles. The van der Waals surface area contributed by atoms with Crippen molar-refractivity contribution in [2.75, 3.05) is 12.3 Å². The Kier molecular flexibility index (Phi) is 4.75. The Morgan fingerprint density at radius 1 is 1.24 bits per heavy atom. The Labute approximate surface area is 166 Å². The van der Waals surface area contributed by atoms with Crippen LogP contribution in [0.2, 0.25) is 0 Å². The van der Waals surface area contributed by atoms with E-state index in [1.807, 2.05) is 13.8 Å². The molecule has 4 rings (SSSR count). The summed E-state index contributed by atoms with van der Waals surface area (Å²) in [5.74, 6) is -0.199. The minimum absolute atomic E-state index is 0.181. The summed E-state index contributed by atoms with van der Waals surface area (Å²) in [5.41, 5.74) is 3.78. The van der Waals surface area contributed by atoms with Crippen molar-refractivity contribution in [2.24, 2.45) is 5.92 Å². The smallest absolute Gasteiger partial charge is 0.204 e. The lowest BCUT2D eigenvalue weighted by atomic mass is 9.74. The van der Waals surface area contributed by atoms with Gasteiger partial charge in [-0.15, -0.1) is 0 Å². The van der Waals surface area contributed by atoms with Gasteiger partial charge in [0.2, 0.25) is 5.60 Å². The number of aliphatic hydroxyl groups excluding tert-OH is 2. The average Bonchev–Trinajstić information content (AvgIpc) is 3.27. The van der Waals surface area contributed by atoms with E-state index in [2.05, 4.69) is 15.0 Å². The minimum Gasteiger partial charge on any atom is -0.394 e. The van der Waals surface area contributed by atoms with Gasteiger partial charge in [-0.1, -0.05) is 44.2 Å². The Morgan fingerprint density at radius 2 is 1.97 bits per heavy atom. The first kappa shape index (κ1) is 19.7. The van der Waals surface area contributed by atoms with Crippen molar-refractivity contribution in [3.05, 3.63) is 48.5 Å². The summed E-state index contributed by atoms with van der Waals surface area (Å²) in [6, 6.07) is 8.74. The van der Waals surface area contributed by atoms with Gasteiger partial charge in [-0.25, -0.2) is 19.8 Å². The zero-order chi connectivity index (χ0) is 20.8. The number of benzene rings is 1. The summed E-state index contributed by atoms with van der Waals surface area (Å²) < 4.78 is 7.84. The van der Waals surface area contributed by atoms with Crippen LogP contribution in [0.4, 0.5) is 5.82 Å². The number of nitrogens with zero attached hydrogens (tertiary/aromatic N) is 4. The van der Waals surface area contributed by atoms with Crippen molar-refractivity contribution in [3.8, 4) is 0 Å². The highest BCUT2D eigenvalue weighted by Gasteiger charge is 2.71. The zero-order valence-electron chi connectivity index (χ0n) is 16.0. The van der Waals surface area contributed by atoms with E-state index in [9.17, 15) is 15.5 Å². The number of fused-ring (bicyclic) bond motifs is 1. The molecule has 10 heteroatoms. The molecule has 29 heavy (non-hydrogen) atoms. The molecule has 4 atom stereocenters. The third-order valence-corrected chi connectivity index (χ3v) is 5.66. The third-order valence-electron chi connectivity index (χ3n) is 5.66. The van der Waals surface area contributed by atoms with Crippen molar-refractivity contribution in [1.29, 1.82) is 0 Å². The molecule has 1 fully saturated rings. The molecule has 0 aliphatic carbocycles. The number of nitrogens with two attached hydrogens (primary N) is 1. The van der Waals surface area contributed by atoms with Crippen LogP contribution in [0.3, 0.4) is 0 Å². The number of aromatic nitrogens is 4. The van der Waals surface area contributed by atoms with Gasteiger partial charge in [-0.3, -0.25) is 9.82 Å². The summed E-state index contributed by atoms with van der Waals surface area (Å²) in [4.78, 5) is 17.7. The molecule has 0 bridgehead atoms. The number of rotatable bonds is 5. The average molecular weight is 401 g/mol. The van der Waals surface area contributed by atoms with Crippen LogP contribution in [0.1, 0.15) is 19.4 Å². The third kappa shape index (κ3) is 2.44. The minimum atomic E-state index is -1.79. The molecule has 0 amide bonds. The summed E-state index contributed by atoms with van der Waals surface area (Å²) in [7, 11) is 0. The molecule has 10 nitrogen and oxygen atoms in total. The lowest BCUT2D eigenvalue weighted by Gasteiger charge is -2.46. The Morgan fingerprint density at radius 3 is 2.59 bits per heavy atom. The van der Waals surface area contributed by atoms with E-state index in [4.69, 9.17) is 15.4 Å². The van der Waals surface area contributed by atoms with Crippen molar-refractivity contribution in [2.45, 2.75) is 37.4 Å². The first-order valence-electron chi connectivity index (χ1n) is 9.22. The van der Waals surface area contributed by atoms with Crippen LogP contribution in [-0.4, -0.2) is 53.8 Å². The van der Waals surface area contributed by atoms with Gasteiger partial charge in [0.15, 0.2) is 17.2 Å². The molecule has 0 spiro atoms. The zero-order valence-corrected chi connectivity index (χ0v) is 16.0. The normalized spacial score (nSPS) is 29.7. The maximum atomic E-state index is 11.2. The molecular formula is C19H23N5O5. The molecule has 0 unspecified atom stereocenters. The second-order valence-electron chi connectivity index (χ2n) is 7.37. The lowest BCUT2D eigenvalue weighted by molar-refractivity contribution is -0.392.